The zero-order valence-corrected chi connectivity index (χ0v) is 15.5. The first-order valence-corrected chi connectivity index (χ1v) is 9.22. The number of hydrogen-bond acceptors (Lipinski definition) is 4. The molecule has 1 fully saturated rings. The van der Waals surface area contributed by atoms with Crippen LogP contribution in [0.15, 0.2) is 0 Å². The van der Waals surface area contributed by atoms with E-state index in [2.05, 4.69) is 11.1 Å². The molecular formula is C17H34N5O3+. The fraction of sp³-hybridized carbons (Fsp3) is 0.824. The number of hydrogen-bond donors (Lipinski definition) is 4. The van der Waals surface area contributed by atoms with Gasteiger partial charge in [0.05, 0.1) is 12.6 Å². The molecule has 0 aromatic heterocycles. The molecule has 3 atom stereocenters. The summed E-state index contributed by atoms with van der Waals surface area (Å²) in [5, 5.41) is 2.71. The van der Waals surface area contributed by atoms with Crippen molar-refractivity contribution in [2.24, 2.45) is 17.4 Å². The largest absolute Gasteiger partial charge is 0.368 e. The Morgan fingerprint density at radius 2 is 1.96 bits per heavy atom. The maximum Gasteiger partial charge on any atom is 0.243 e. The van der Waals surface area contributed by atoms with Crippen LogP contribution in [0, 0.1) is 5.92 Å². The Hall–Kier alpha value is -1.67. The van der Waals surface area contributed by atoms with E-state index in [1.165, 1.54) is 0 Å². The highest BCUT2D eigenvalue weighted by molar-refractivity contribution is 5.93. The summed E-state index contributed by atoms with van der Waals surface area (Å²) in [7, 11) is 0. The predicted molar refractivity (Wildman–Crippen MR) is 94.9 cm³/mol. The quantitative estimate of drug-likeness (QED) is 0.362. The molecule has 0 aliphatic carbocycles. The average molecular weight is 356 g/mol. The molecule has 25 heavy (non-hydrogen) atoms. The third-order valence-corrected chi connectivity index (χ3v) is 4.54. The Morgan fingerprint density at radius 1 is 1.28 bits per heavy atom. The Kier molecular flexibility index (Phi) is 8.85. The molecule has 1 aliphatic rings. The number of nitrogens with one attached hydrogen (secondary N) is 1. The van der Waals surface area contributed by atoms with Gasteiger partial charge in [-0.15, -0.1) is 0 Å². The zero-order valence-electron chi connectivity index (χ0n) is 15.5. The molecule has 1 aliphatic heterocycles. The maximum atomic E-state index is 12.6. The van der Waals surface area contributed by atoms with Gasteiger partial charge in [-0.2, -0.15) is 0 Å². The summed E-state index contributed by atoms with van der Waals surface area (Å²) in [5.74, 6) is -0.843. The standard InChI is InChI=1S/C17H33N5O3/c1-11(2)10-13(15(20)23)21-16(24)14-7-5-9-22(14)17(25)12(19)6-3-4-8-18/h11-14H,3-10,18-19H2,1-2H3,(H2,20,23)(H,21,24)/p+1/t12-,13-,14-/m0/s1. The number of likely N-dealkylation sites (tertiary alicyclic amines) is 1. The van der Waals surface area contributed by atoms with E-state index >= 15 is 0 Å². The number of carbonyl (C=O) groups excluding carboxylic acids is 3. The van der Waals surface area contributed by atoms with Gasteiger partial charge < -0.3 is 27.4 Å². The van der Waals surface area contributed by atoms with Crippen LogP contribution in [0.1, 0.15) is 52.4 Å². The summed E-state index contributed by atoms with van der Waals surface area (Å²) in [6.07, 6.45) is 4.18. The van der Waals surface area contributed by atoms with Crippen molar-refractivity contribution in [1.82, 2.24) is 10.2 Å². The molecule has 1 heterocycles. The van der Waals surface area contributed by atoms with E-state index in [-0.39, 0.29) is 17.7 Å². The van der Waals surface area contributed by atoms with Gasteiger partial charge >= 0.3 is 0 Å². The highest BCUT2D eigenvalue weighted by Crippen LogP contribution is 2.20. The van der Waals surface area contributed by atoms with Crippen LogP contribution in [-0.4, -0.2) is 53.8 Å². The second kappa shape index (κ2) is 10.4. The van der Waals surface area contributed by atoms with Crippen molar-refractivity contribution in [1.29, 1.82) is 0 Å². The lowest BCUT2D eigenvalue weighted by molar-refractivity contribution is -0.368. The van der Waals surface area contributed by atoms with Crippen LogP contribution in [-0.2, 0) is 14.4 Å². The minimum Gasteiger partial charge on any atom is -0.368 e. The van der Waals surface area contributed by atoms with Crippen LogP contribution in [0.25, 0.3) is 0 Å². The SMILES string of the molecule is CC(C)C[C@H](NC(=O)[C@@H]1CCCN1C(=O)[C@@H](N)CCCC[NH3+])C(N)=O. The monoisotopic (exact) mass is 356 g/mol. The Morgan fingerprint density at radius 3 is 2.52 bits per heavy atom. The van der Waals surface area contributed by atoms with Gasteiger partial charge in [-0.3, -0.25) is 14.4 Å². The van der Waals surface area contributed by atoms with Gasteiger partial charge in [0.15, 0.2) is 0 Å². The molecule has 8 N–H and O–H groups in total. The van der Waals surface area contributed by atoms with Gasteiger partial charge in [-0.05, 0) is 44.4 Å². The van der Waals surface area contributed by atoms with Crippen molar-refractivity contribution < 1.29 is 20.1 Å². The number of quaternary nitrogens is 1. The second-order valence-electron chi connectivity index (χ2n) is 7.24. The van der Waals surface area contributed by atoms with Gasteiger partial charge in [0, 0.05) is 6.54 Å². The summed E-state index contributed by atoms with van der Waals surface area (Å²) in [5.41, 5.74) is 15.2. The van der Waals surface area contributed by atoms with Crippen molar-refractivity contribution in [2.75, 3.05) is 13.1 Å². The number of nitrogens with zero attached hydrogens (tertiary/aromatic N) is 1. The Labute approximate surface area is 149 Å². The number of rotatable bonds is 10. The minimum atomic E-state index is -0.712. The van der Waals surface area contributed by atoms with Gasteiger partial charge in [-0.25, -0.2) is 0 Å². The smallest absolute Gasteiger partial charge is 0.243 e. The van der Waals surface area contributed by atoms with Crippen molar-refractivity contribution in [2.45, 2.75) is 70.5 Å². The first-order valence-electron chi connectivity index (χ1n) is 9.22. The molecule has 0 saturated carbocycles. The first-order chi connectivity index (χ1) is 11.8. The highest BCUT2D eigenvalue weighted by atomic mass is 16.2. The normalized spacial score (nSPS) is 19.7. The fourth-order valence-corrected chi connectivity index (χ4v) is 3.17. The van der Waals surface area contributed by atoms with E-state index in [1.807, 2.05) is 13.8 Å². The molecule has 0 bridgehead atoms. The average Bonchev–Trinajstić information content (AvgIpc) is 3.02. The van der Waals surface area contributed by atoms with Gasteiger partial charge in [-0.1, -0.05) is 13.8 Å². The summed E-state index contributed by atoms with van der Waals surface area (Å²) < 4.78 is 0. The maximum absolute atomic E-state index is 12.6. The highest BCUT2D eigenvalue weighted by Gasteiger charge is 2.37. The summed E-state index contributed by atoms with van der Waals surface area (Å²) in [4.78, 5) is 38.3. The number of unbranched alkanes of at least 4 members (excludes halogenated alkanes) is 1. The molecule has 8 heteroatoms. The molecule has 3 amide bonds. The Balaban J connectivity index is 2.67. The Bertz CT molecular complexity index is 469. The molecule has 0 aromatic carbocycles. The molecular weight excluding hydrogens is 322 g/mol. The second-order valence-corrected chi connectivity index (χ2v) is 7.24. The summed E-state index contributed by atoms with van der Waals surface area (Å²) >= 11 is 0. The molecule has 144 valence electrons. The molecule has 0 radical (unpaired) electrons. The lowest BCUT2D eigenvalue weighted by atomic mass is 10.0. The predicted octanol–water partition coefficient (Wildman–Crippen LogP) is -1.27. The van der Waals surface area contributed by atoms with Crippen LogP contribution in [0.2, 0.25) is 0 Å². The molecule has 0 spiro atoms. The lowest BCUT2D eigenvalue weighted by Crippen LogP contribution is -2.55. The fourth-order valence-electron chi connectivity index (χ4n) is 3.17. The van der Waals surface area contributed by atoms with E-state index in [4.69, 9.17) is 11.5 Å². The van der Waals surface area contributed by atoms with Crippen molar-refractivity contribution in [3.05, 3.63) is 0 Å². The van der Waals surface area contributed by atoms with Gasteiger partial charge in [0.1, 0.15) is 12.1 Å². The van der Waals surface area contributed by atoms with E-state index < -0.39 is 24.0 Å². The lowest BCUT2D eigenvalue weighted by Gasteiger charge is -2.28. The van der Waals surface area contributed by atoms with Crippen LogP contribution in [0.4, 0.5) is 0 Å². The van der Waals surface area contributed by atoms with Crippen LogP contribution in [0.3, 0.4) is 0 Å². The third kappa shape index (κ3) is 6.62. The van der Waals surface area contributed by atoms with Gasteiger partial charge in [0.2, 0.25) is 17.7 Å². The van der Waals surface area contributed by atoms with E-state index in [0.717, 1.165) is 25.8 Å². The van der Waals surface area contributed by atoms with Crippen LogP contribution in [0.5, 0.6) is 0 Å². The summed E-state index contributed by atoms with van der Waals surface area (Å²) in [6.45, 7) is 5.25. The molecule has 0 aromatic rings. The first kappa shape index (κ1) is 21.4. The van der Waals surface area contributed by atoms with Crippen molar-refractivity contribution >= 4 is 17.7 Å². The van der Waals surface area contributed by atoms with Crippen LogP contribution < -0.4 is 22.5 Å². The van der Waals surface area contributed by atoms with Crippen LogP contribution >= 0.6 is 0 Å². The topological polar surface area (TPSA) is 146 Å². The minimum absolute atomic E-state index is 0.193. The van der Waals surface area contributed by atoms with Gasteiger partial charge in [0.25, 0.3) is 0 Å². The van der Waals surface area contributed by atoms with E-state index in [1.54, 1.807) is 4.90 Å². The number of carbonyl (C=O) groups is 3. The molecule has 1 saturated heterocycles. The number of amides is 3. The van der Waals surface area contributed by atoms with Crippen molar-refractivity contribution in [3.8, 4) is 0 Å². The third-order valence-electron chi connectivity index (χ3n) is 4.54. The van der Waals surface area contributed by atoms with E-state index in [9.17, 15) is 14.4 Å². The van der Waals surface area contributed by atoms with Crippen molar-refractivity contribution in [3.63, 3.8) is 0 Å². The molecule has 1 rings (SSSR count). The molecule has 0 unspecified atom stereocenters. The number of primary amides is 1. The summed E-state index contributed by atoms with van der Waals surface area (Å²) in [6, 6.07) is -1.88. The number of nitrogens with two attached hydrogens (primary N) is 2. The molecule has 8 nitrogen and oxygen atoms in total. The zero-order chi connectivity index (χ0) is 19.0. The van der Waals surface area contributed by atoms with E-state index in [0.29, 0.717) is 25.8 Å².